The van der Waals surface area contributed by atoms with E-state index in [1.807, 2.05) is 36.4 Å². The van der Waals surface area contributed by atoms with Crippen LogP contribution in [0.3, 0.4) is 0 Å². The zero-order chi connectivity index (χ0) is 18.4. The summed E-state index contributed by atoms with van der Waals surface area (Å²) in [6.45, 7) is 0. The summed E-state index contributed by atoms with van der Waals surface area (Å²) in [5.41, 5.74) is 3.01. The standard InChI is InChI=1S/C19H28N5P/c1-22(2)25(23(3)4,24(5)6)21-20-19(17-13-9-7-10-14-17)18-15-11-8-12-16-18/h7-16H,1-6H3. The minimum atomic E-state index is -2.07. The third-order valence-electron chi connectivity index (χ3n) is 3.97. The first-order chi connectivity index (χ1) is 11.9. The Kier molecular flexibility index (Phi) is 6.68. The van der Waals surface area contributed by atoms with E-state index >= 15 is 0 Å². The van der Waals surface area contributed by atoms with Gasteiger partial charge in [0.15, 0.2) is 7.51 Å². The topological polar surface area (TPSA) is 34.4 Å². The normalized spacial score (nSPS) is 11.9. The molecule has 0 atom stereocenters. The van der Waals surface area contributed by atoms with E-state index in [9.17, 15) is 0 Å². The summed E-state index contributed by atoms with van der Waals surface area (Å²) in [7, 11) is 10.2. The zero-order valence-electron chi connectivity index (χ0n) is 16.0. The summed E-state index contributed by atoms with van der Waals surface area (Å²) in [6.07, 6.45) is 0. The van der Waals surface area contributed by atoms with Gasteiger partial charge in [-0.2, -0.15) is 0 Å². The van der Waals surface area contributed by atoms with E-state index in [0.717, 1.165) is 16.8 Å². The van der Waals surface area contributed by atoms with Crippen molar-refractivity contribution < 1.29 is 0 Å². The average Bonchev–Trinajstić information content (AvgIpc) is 2.59. The minimum absolute atomic E-state index is 0.885. The fourth-order valence-electron chi connectivity index (χ4n) is 2.89. The number of rotatable bonds is 6. The van der Waals surface area contributed by atoms with Crippen LogP contribution < -0.4 is 0 Å². The molecule has 0 radical (unpaired) electrons. The molecule has 0 spiro atoms. The van der Waals surface area contributed by atoms with Crippen LogP contribution in [0, 0.1) is 0 Å². The first-order valence-corrected chi connectivity index (χ1v) is 9.83. The molecule has 0 saturated heterocycles. The van der Waals surface area contributed by atoms with Crippen LogP contribution in [-0.4, -0.2) is 62.0 Å². The van der Waals surface area contributed by atoms with Crippen molar-refractivity contribution >= 4 is 13.2 Å². The van der Waals surface area contributed by atoms with Gasteiger partial charge in [-0.1, -0.05) is 60.7 Å². The van der Waals surface area contributed by atoms with Gasteiger partial charge in [0.05, 0.1) is 0 Å². The average molecular weight is 357 g/mol. The van der Waals surface area contributed by atoms with Gasteiger partial charge in [0, 0.05) is 11.1 Å². The van der Waals surface area contributed by atoms with Gasteiger partial charge in [-0.05, 0) is 42.3 Å². The Balaban J connectivity index is 2.68. The van der Waals surface area contributed by atoms with Crippen molar-refractivity contribution in [2.24, 2.45) is 9.96 Å². The Bertz CT molecular complexity index is 682. The van der Waals surface area contributed by atoms with E-state index in [4.69, 9.17) is 9.96 Å². The molecular weight excluding hydrogens is 329 g/mol. The molecule has 0 aliphatic heterocycles. The maximum Gasteiger partial charge on any atom is 0.191 e. The molecule has 134 valence electrons. The molecule has 0 unspecified atom stereocenters. The largest absolute Gasteiger partial charge is 0.251 e. The van der Waals surface area contributed by atoms with Crippen molar-refractivity contribution in [1.82, 2.24) is 14.0 Å². The molecule has 0 amide bonds. The van der Waals surface area contributed by atoms with Gasteiger partial charge in [0.2, 0.25) is 0 Å². The Morgan fingerprint density at radius 1 is 0.640 bits per heavy atom. The number of benzene rings is 2. The van der Waals surface area contributed by atoms with Crippen LogP contribution in [0.5, 0.6) is 0 Å². The lowest BCUT2D eigenvalue weighted by Crippen LogP contribution is -2.30. The highest BCUT2D eigenvalue weighted by molar-refractivity contribution is 7.58. The predicted octanol–water partition coefficient (Wildman–Crippen LogP) is 4.07. The van der Waals surface area contributed by atoms with Crippen molar-refractivity contribution in [1.29, 1.82) is 0 Å². The Morgan fingerprint density at radius 3 is 1.32 bits per heavy atom. The van der Waals surface area contributed by atoms with E-state index in [0.29, 0.717) is 0 Å². The van der Waals surface area contributed by atoms with Gasteiger partial charge in [-0.3, -0.25) is 14.0 Å². The second-order valence-corrected chi connectivity index (χ2v) is 10.0. The molecule has 25 heavy (non-hydrogen) atoms. The molecule has 2 aromatic carbocycles. The third kappa shape index (κ3) is 4.25. The van der Waals surface area contributed by atoms with Gasteiger partial charge in [-0.25, -0.2) is 0 Å². The molecule has 0 fully saturated rings. The highest BCUT2D eigenvalue weighted by atomic mass is 31.2. The van der Waals surface area contributed by atoms with Gasteiger partial charge < -0.3 is 0 Å². The summed E-state index contributed by atoms with van der Waals surface area (Å²) >= 11 is 0. The van der Waals surface area contributed by atoms with Crippen LogP contribution in [0.15, 0.2) is 70.6 Å². The monoisotopic (exact) mass is 357 g/mol. The smallest absolute Gasteiger partial charge is 0.191 e. The molecule has 6 heteroatoms. The predicted molar refractivity (Wildman–Crippen MR) is 109 cm³/mol. The van der Waals surface area contributed by atoms with Gasteiger partial charge in [-0.15, -0.1) is 9.96 Å². The lowest BCUT2D eigenvalue weighted by Gasteiger charge is -2.39. The van der Waals surface area contributed by atoms with Crippen molar-refractivity contribution in [3.8, 4) is 0 Å². The van der Waals surface area contributed by atoms with E-state index in [1.54, 1.807) is 0 Å². The molecule has 0 aliphatic carbocycles. The van der Waals surface area contributed by atoms with Crippen molar-refractivity contribution in [3.63, 3.8) is 0 Å². The summed E-state index contributed by atoms with van der Waals surface area (Å²) in [6, 6.07) is 20.4. The molecule has 0 aliphatic rings. The molecule has 2 aromatic rings. The lowest BCUT2D eigenvalue weighted by atomic mass is 10.0. The highest BCUT2D eigenvalue weighted by Crippen LogP contribution is 2.54. The summed E-state index contributed by atoms with van der Waals surface area (Å²) in [5, 5.41) is 4.77. The SMILES string of the molecule is CN(C)P(=NN=C(c1ccccc1)c1ccccc1)(N(C)C)N(C)C. The quantitative estimate of drug-likeness (QED) is 0.444. The van der Waals surface area contributed by atoms with Crippen LogP contribution in [0.2, 0.25) is 0 Å². The Morgan fingerprint density at radius 2 is 1.00 bits per heavy atom. The van der Waals surface area contributed by atoms with Gasteiger partial charge >= 0.3 is 0 Å². The fraction of sp³-hybridized carbons (Fsp3) is 0.316. The first kappa shape index (κ1) is 19.5. The second-order valence-electron chi connectivity index (χ2n) is 6.35. The number of hydrogen-bond donors (Lipinski definition) is 0. The highest BCUT2D eigenvalue weighted by Gasteiger charge is 2.28. The summed E-state index contributed by atoms with van der Waals surface area (Å²) in [5.74, 6) is 0. The lowest BCUT2D eigenvalue weighted by molar-refractivity contribution is 0.471. The third-order valence-corrected chi connectivity index (χ3v) is 7.52. The van der Waals surface area contributed by atoms with E-state index in [2.05, 4.69) is 80.6 Å². The molecule has 0 aromatic heterocycles. The first-order valence-electron chi connectivity index (χ1n) is 8.23. The number of nitrogens with zero attached hydrogens (tertiary/aromatic N) is 5. The number of hydrogen-bond acceptors (Lipinski definition) is 1. The van der Waals surface area contributed by atoms with Crippen LogP contribution in [-0.2, 0) is 0 Å². The van der Waals surface area contributed by atoms with Crippen LogP contribution >= 0.6 is 7.51 Å². The molecule has 0 bridgehead atoms. The van der Waals surface area contributed by atoms with E-state index in [-0.39, 0.29) is 0 Å². The Labute approximate surface area is 151 Å². The van der Waals surface area contributed by atoms with E-state index in [1.165, 1.54) is 0 Å². The molecular formula is C19H28N5P. The molecule has 2 rings (SSSR count). The van der Waals surface area contributed by atoms with Gasteiger partial charge in [0.25, 0.3) is 0 Å². The van der Waals surface area contributed by atoms with Crippen LogP contribution in [0.4, 0.5) is 0 Å². The van der Waals surface area contributed by atoms with E-state index < -0.39 is 7.51 Å². The maximum atomic E-state index is 4.88. The zero-order valence-corrected chi connectivity index (χ0v) is 16.9. The minimum Gasteiger partial charge on any atom is -0.251 e. The van der Waals surface area contributed by atoms with Crippen molar-refractivity contribution in [2.45, 2.75) is 0 Å². The maximum absolute atomic E-state index is 4.88. The Hall–Kier alpha value is -1.78. The van der Waals surface area contributed by atoms with Crippen LogP contribution in [0.1, 0.15) is 11.1 Å². The molecule has 0 heterocycles. The molecule has 5 nitrogen and oxygen atoms in total. The fourth-order valence-corrected chi connectivity index (χ4v) is 5.73. The van der Waals surface area contributed by atoms with Crippen molar-refractivity contribution in [3.05, 3.63) is 71.8 Å². The van der Waals surface area contributed by atoms with Gasteiger partial charge in [0.1, 0.15) is 5.71 Å². The molecule has 0 N–H and O–H groups in total. The second kappa shape index (κ2) is 8.54. The van der Waals surface area contributed by atoms with Crippen LogP contribution in [0.25, 0.3) is 0 Å². The van der Waals surface area contributed by atoms with Crippen molar-refractivity contribution in [2.75, 3.05) is 42.3 Å². The summed E-state index contributed by atoms with van der Waals surface area (Å²) < 4.78 is 6.47. The summed E-state index contributed by atoms with van der Waals surface area (Å²) in [4.78, 5) is 4.88. The molecule has 0 saturated carbocycles.